The first-order chi connectivity index (χ1) is 12.5. The van der Waals surface area contributed by atoms with E-state index in [1.54, 1.807) is 6.92 Å². The number of nitrogens with zero attached hydrogens (tertiary/aromatic N) is 1. The molecule has 0 aromatic heterocycles. The number of piperidine rings is 1. The molecule has 0 unspecified atom stereocenters. The third-order valence-electron chi connectivity index (χ3n) is 4.92. The van der Waals surface area contributed by atoms with E-state index in [0.29, 0.717) is 43.9 Å². The van der Waals surface area contributed by atoms with Crippen molar-refractivity contribution in [2.45, 2.75) is 33.1 Å². The Morgan fingerprint density at radius 1 is 1.19 bits per heavy atom. The molecule has 1 aliphatic rings. The lowest BCUT2D eigenvalue weighted by molar-refractivity contribution is -0.148. The zero-order chi connectivity index (χ0) is 18.7. The van der Waals surface area contributed by atoms with E-state index < -0.39 is 10.9 Å². The molecule has 138 valence electrons. The minimum absolute atomic E-state index is 0.129. The number of hydrogen-bond acceptors (Lipinski definition) is 6. The Kier molecular flexibility index (Phi) is 5.40. The highest BCUT2D eigenvalue weighted by Gasteiger charge is 2.31. The second-order valence-electron chi connectivity index (χ2n) is 6.57. The van der Waals surface area contributed by atoms with Crippen LogP contribution in [-0.4, -0.2) is 25.7 Å². The Morgan fingerprint density at radius 2 is 1.92 bits per heavy atom. The van der Waals surface area contributed by atoms with E-state index >= 15 is 0 Å². The molecule has 0 saturated carbocycles. The first kappa shape index (κ1) is 18.2. The number of rotatable bonds is 6. The maximum absolute atomic E-state index is 12.1. The number of esters is 1. The quantitative estimate of drug-likeness (QED) is 0.633. The molecule has 0 bridgehead atoms. The Balaban J connectivity index is 1.72. The van der Waals surface area contributed by atoms with Crippen molar-refractivity contribution >= 4 is 23.0 Å². The number of carbonyl (C=O) groups is 1. The largest absolute Gasteiger partial charge is 0.466 e. The number of ether oxygens (including phenoxy) is 1. The van der Waals surface area contributed by atoms with Crippen LogP contribution in [0.1, 0.15) is 32.3 Å². The van der Waals surface area contributed by atoms with Gasteiger partial charge in [-0.25, -0.2) is 0 Å². The van der Waals surface area contributed by atoms with Gasteiger partial charge >= 0.3 is 5.97 Å². The Hall–Kier alpha value is -2.63. The summed E-state index contributed by atoms with van der Waals surface area (Å²) in [7, 11) is 0. The summed E-state index contributed by atoms with van der Waals surface area (Å²) < 4.78 is 5.07. The second-order valence-corrected chi connectivity index (χ2v) is 6.57. The van der Waals surface area contributed by atoms with Crippen LogP contribution in [0.5, 0.6) is 0 Å². The van der Waals surface area contributed by atoms with E-state index in [1.807, 2.05) is 29.2 Å². The first-order valence-corrected chi connectivity index (χ1v) is 9.16. The topological polar surface area (TPSA) is 75.7 Å². The number of nitrogens with one attached hydrogen (secondary N) is 1. The third kappa shape index (κ3) is 3.49. The van der Waals surface area contributed by atoms with Crippen LogP contribution in [0, 0.1) is 5.92 Å². The molecule has 3 rings (SSSR count). The zero-order valence-corrected chi connectivity index (χ0v) is 15.2. The molecule has 26 heavy (non-hydrogen) atoms. The van der Waals surface area contributed by atoms with Gasteiger partial charge in [-0.15, -0.1) is 0 Å². The Morgan fingerprint density at radius 3 is 2.58 bits per heavy atom. The predicted octanol–water partition coefficient (Wildman–Crippen LogP) is 2.37. The van der Waals surface area contributed by atoms with Crippen molar-refractivity contribution in [2.24, 2.45) is 5.92 Å². The van der Waals surface area contributed by atoms with E-state index in [0.717, 1.165) is 17.7 Å². The lowest BCUT2D eigenvalue weighted by atomic mass is 9.95. The normalized spacial score (nSPS) is 15.2. The van der Waals surface area contributed by atoms with Gasteiger partial charge in [-0.1, -0.05) is 19.1 Å². The number of carbonyl (C=O) groups excluding carboxylic acids is 1. The summed E-state index contributed by atoms with van der Waals surface area (Å²) in [6.45, 7) is 5.37. The molecule has 2 aromatic rings. The van der Waals surface area contributed by atoms with E-state index in [2.05, 4.69) is 12.2 Å². The van der Waals surface area contributed by atoms with Crippen molar-refractivity contribution < 1.29 is 9.53 Å². The van der Waals surface area contributed by atoms with Crippen LogP contribution in [0.3, 0.4) is 0 Å². The maximum atomic E-state index is 12.1. The van der Waals surface area contributed by atoms with E-state index in [4.69, 9.17) is 4.74 Å². The monoisotopic (exact) mass is 356 g/mol. The van der Waals surface area contributed by atoms with Crippen LogP contribution in [0.25, 0.3) is 0 Å². The number of aryl methyl sites for hydroxylation is 1. The SMILES string of the molecule is CCOC(=O)C1CCN(c2c(Nc3cccc(CC)c3)c(=O)c2=O)CC1. The average molecular weight is 356 g/mol. The molecular weight excluding hydrogens is 332 g/mol. The summed E-state index contributed by atoms with van der Waals surface area (Å²) in [5.74, 6) is -0.304. The summed E-state index contributed by atoms with van der Waals surface area (Å²) >= 11 is 0. The number of hydrogen-bond donors (Lipinski definition) is 1. The molecule has 1 aliphatic heterocycles. The summed E-state index contributed by atoms with van der Waals surface area (Å²) in [4.78, 5) is 37.9. The predicted molar refractivity (Wildman–Crippen MR) is 102 cm³/mol. The van der Waals surface area contributed by atoms with Crippen molar-refractivity contribution in [1.82, 2.24) is 0 Å². The highest BCUT2D eigenvalue weighted by atomic mass is 16.5. The van der Waals surface area contributed by atoms with Crippen molar-refractivity contribution in [3.8, 4) is 0 Å². The van der Waals surface area contributed by atoms with Crippen LogP contribution in [0.15, 0.2) is 33.9 Å². The van der Waals surface area contributed by atoms with Crippen LogP contribution < -0.4 is 21.1 Å². The standard InChI is InChI=1S/C20H24N2O4/c1-3-13-6-5-7-15(12-13)21-16-17(19(24)18(16)23)22-10-8-14(9-11-22)20(25)26-4-2/h5-7,12,14,21H,3-4,8-11H2,1-2H3. The van der Waals surface area contributed by atoms with Gasteiger partial charge < -0.3 is 15.0 Å². The molecule has 1 N–H and O–H groups in total. The van der Waals surface area contributed by atoms with Crippen LogP contribution >= 0.6 is 0 Å². The fraction of sp³-hybridized carbons (Fsp3) is 0.450. The van der Waals surface area contributed by atoms with E-state index in [1.165, 1.54) is 0 Å². The van der Waals surface area contributed by atoms with Crippen LogP contribution in [0.4, 0.5) is 17.1 Å². The van der Waals surface area contributed by atoms with Gasteiger partial charge in [0.05, 0.1) is 12.5 Å². The molecule has 6 heteroatoms. The molecule has 0 spiro atoms. The van der Waals surface area contributed by atoms with Gasteiger partial charge in [-0.3, -0.25) is 14.4 Å². The van der Waals surface area contributed by atoms with Crippen molar-refractivity contribution in [3.05, 3.63) is 50.3 Å². The minimum Gasteiger partial charge on any atom is -0.466 e. The molecule has 0 atom stereocenters. The third-order valence-corrected chi connectivity index (χ3v) is 4.92. The Labute approximate surface area is 152 Å². The molecule has 0 amide bonds. The second kappa shape index (κ2) is 7.72. The van der Waals surface area contributed by atoms with Gasteiger partial charge in [0.25, 0.3) is 10.9 Å². The van der Waals surface area contributed by atoms with Crippen molar-refractivity contribution in [3.63, 3.8) is 0 Å². The highest BCUT2D eigenvalue weighted by molar-refractivity contribution is 5.80. The molecule has 1 saturated heterocycles. The van der Waals surface area contributed by atoms with Gasteiger partial charge in [-0.2, -0.15) is 0 Å². The fourth-order valence-corrected chi connectivity index (χ4v) is 3.41. The van der Waals surface area contributed by atoms with Crippen LogP contribution in [0.2, 0.25) is 0 Å². The zero-order valence-electron chi connectivity index (χ0n) is 15.2. The van der Waals surface area contributed by atoms with Gasteiger partial charge in [0.15, 0.2) is 0 Å². The van der Waals surface area contributed by atoms with E-state index in [9.17, 15) is 14.4 Å². The molecule has 1 heterocycles. The maximum Gasteiger partial charge on any atom is 0.309 e. The molecule has 6 nitrogen and oxygen atoms in total. The summed E-state index contributed by atoms with van der Waals surface area (Å²) in [6, 6.07) is 7.81. The molecule has 0 radical (unpaired) electrons. The lowest BCUT2D eigenvalue weighted by Crippen LogP contribution is -2.46. The van der Waals surface area contributed by atoms with Crippen molar-refractivity contribution in [1.29, 1.82) is 0 Å². The summed E-state index contributed by atoms with van der Waals surface area (Å²) in [5.41, 5.74) is 1.84. The minimum atomic E-state index is -0.477. The van der Waals surface area contributed by atoms with Gasteiger partial charge in [0, 0.05) is 18.8 Å². The van der Waals surface area contributed by atoms with Crippen molar-refractivity contribution in [2.75, 3.05) is 29.9 Å². The summed E-state index contributed by atoms with van der Waals surface area (Å²) in [6.07, 6.45) is 2.15. The molecule has 2 aromatic carbocycles. The molecule has 1 fully saturated rings. The molecule has 0 aliphatic carbocycles. The van der Waals surface area contributed by atoms with E-state index in [-0.39, 0.29) is 11.9 Å². The van der Waals surface area contributed by atoms with Gasteiger partial charge in [0.2, 0.25) is 0 Å². The fourth-order valence-electron chi connectivity index (χ4n) is 3.41. The number of benzene rings is 1. The number of anilines is 3. The highest BCUT2D eigenvalue weighted by Crippen LogP contribution is 2.29. The van der Waals surface area contributed by atoms with Gasteiger partial charge in [0.1, 0.15) is 11.4 Å². The van der Waals surface area contributed by atoms with Crippen LogP contribution in [-0.2, 0) is 16.0 Å². The summed E-state index contributed by atoms with van der Waals surface area (Å²) in [5, 5.41) is 3.11. The molecular formula is C20H24N2O4. The van der Waals surface area contributed by atoms with Gasteiger partial charge in [-0.05, 0) is 43.9 Å². The lowest BCUT2D eigenvalue weighted by Gasteiger charge is -2.34. The average Bonchev–Trinajstić information content (AvgIpc) is 2.68. The first-order valence-electron chi connectivity index (χ1n) is 9.16. The smallest absolute Gasteiger partial charge is 0.309 e. The Bertz CT molecular complexity index is 859.